The fourth-order valence-corrected chi connectivity index (χ4v) is 2.89. The number of hydrogen-bond donors (Lipinski definition) is 2. The quantitative estimate of drug-likeness (QED) is 0.886. The summed E-state index contributed by atoms with van der Waals surface area (Å²) in [5.41, 5.74) is 2.26. The molecule has 2 atom stereocenters. The van der Waals surface area contributed by atoms with Crippen LogP contribution < -0.4 is 5.32 Å². The van der Waals surface area contributed by atoms with Crippen molar-refractivity contribution in [3.05, 3.63) is 29.6 Å². The molecule has 0 spiro atoms. The van der Waals surface area contributed by atoms with Gasteiger partial charge in [0.1, 0.15) is 0 Å². The van der Waals surface area contributed by atoms with E-state index in [2.05, 4.69) is 10.3 Å². The monoisotopic (exact) mass is 305 g/mol. The third kappa shape index (κ3) is 4.19. The van der Waals surface area contributed by atoms with Gasteiger partial charge in [-0.2, -0.15) is 0 Å². The number of carboxylic acid groups (broad SMARTS) is 1. The molecule has 0 aliphatic carbocycles. The molecular weight excluding hydrogens is 282 g/mol. The number of pyridine rings is 1. The van der Waals surface area contributed by atoms with Crippen molar-refractivity contribution in [1.29, 1.82) is 0 Å². The topological polar surface area (TPSA) is 82.5 Å². The highest BCUT2D eigenvalue weighted by Crippen LogP contribution is 2.21. The van der Waals surface area contributed by atoms with Crippen LogP contribution >= 0.6 is 0 Å². The summed E-state index contributed by atoms with van der Waals surface area (Å²) < 4.78 is 0. The third-order valence-electron chi connectivity index (χ3n) is 4.10. The van der Waals surface area contributed by atoms with Crippen molar-refractivity contribution >= 4 is 12.0 Å². The zero-order valence-corrected chi connectivity index (χ0v) is 13.1. The maximum atomic E-state index is 12.2. The Morgan fingerprint density at radius 3 is 2.91 bits per heavy atom. The molecule has 1 saturated heterocycles. The van der Waals surface area contributed by atoms with Crippen LogP contribution in [-0.4, -0.2) is 46.6 Å². The highest BCUT2D eigenvalue weighted by atomic mass is 16.4. The van der Waals surface area contributed by atoms with Crippen molar-refractivity contribution in [2.45, 2.75) is 26.7 Å². The molecule has 0 radical (unpaired) electrons. The Kier molecular flexibility index (Phi) is 5.35. The Morgan fingerprint density at radius 2 is 2.23 bits per heavy atom. The van der Waals surface area contributed by atoms with E-state index >= 15 is 0 Å². The molecule has 0 aromatic carbocycles. The number of aryl methyl sites for hydroxylation is 1. The molecule has 1 aliphatic heterocycles. The average Bonchev–Trinajstić information content (AvgIpc) is 2.48. The van der Waals surface area contributed by atoms with Crippen molar-refractivity contribution in [2.75, 3.05) is 19.6 Å². The second kappa shape index (κ2) is 7.24. The molecule has 22 heavy (non-hydrogen) atoms. The summed E-state index contributed by atoms with van der Waals surface area (Å²) in [7, 11) is 0. The fourth-order valence-electron chi connectivity index (χ4n) is 2.89. The number of aliphatic carboxylic acids is 1. The molecule has 0 bridgehead atoms. The van der Waals surface area contributed by atoms with Gasteiger partial charge in [-0.15, -0.1) is 0 Å². The van der Waals surface area contributed by atoms with Crippen molar-refractivity contribution in [1.82, 2.24) is 15.2 Å². The molecule has 1 aliphatic rings. The highest BCUT2D eigenvalue weighted by molar-refractivity contribution is 5.76. The first-order valence-corrected chi connectivity index (χ1v) is 7.62. The van der Waals surface area contributed by atoms with Crippen LogP contribution in [0.15, 0.2) is 18.5 Å². The standard InChI is InChI=1S/C16H23N3O3/c1-11-7-14(15(20)21)10-19(9-11)16(22)18-6-4-13-3-5-17-8-12(13)2/h3,5,8,11,14H,4,6-7,9-10H2,1-2H3,(H,18,22)(H,20,21). The van der Waals surface area contributed by atoms with Gasteiger partial charge in [0.25, 0.3) is 0 Å². The summed E-state index contributed by atoms with van der Waals surface area (Å²) in [6.07, 6.45) is 4.93. The van der Waals surface area contributed by atoms with Gasteiger partial charge in [-0.05, 0) is 42.9 Å². The summed E-state index contributed by atoms with van der Waals surface area (Å²) in [6.45, 7) is 5.42. The normalized spacial score (nSPS) is 21.5. The molecule has 6 heteroatoms. The number of amides is 2. The minimum absolute atomic E-state index is 0.176. The predicted octanol–water partition coefficient (Wildman–Crippen LogP) is 1.68. The lowest BCUT2D eigenvalue weighted by Crippen LogP contribution is -2.49. The second-order valence-electron chi connectivity index (χ2n) is 6.07. The van der Waals surface area contributed by atoms with E-state index in [-0.39, 0.29) is 11.9 Å². The van der Waals surface area contributed by atoms with Gasteiger partial charge in [-0.25, -0.2) is 4.79 Å². The van der Waals surface area contributed by atoms with E-state index in [1.165, 1.54) is 0 Å². The first-order chi connectivity index (χ1) is 10.5. The molecular formula is C16H23N3O3. The smallest absolute Gasteiger partial charge is 0.317 e. The van der Waals surface area contributed by atoms with E-state index in [1.54, 1.807) is 17.3 Å². The number of likely N-dealkylation sites (tertiary alicyclic amines) is 1. The molecule has 2 amide bonds. The second-order valence-corrected chi connectivity index (χ2v) is 6.07. The van der Waals surface area contributed by atoms with Gasteiger partial charge in [0, 0.05) is 32.0 Å². The Balaban J connectivity index is 1.84. The molecule has 120 valence electrons. The maximum Gasteiger partial charge on any atom is 0.317 e. The fraction of sp³-hybridized carbons (Fsp3) is 0.562. The Morgan fingerprint density at radius 1 is 1.45 bits per heavy atom. The van der Waals surface area contributed by atoms with Crippen molar-refractivity contribution < 1.29 is 14.7 Å². The van der Waals surface area contributed by atoms with E-state index in [4.69, 9.17) is 5.11 Å². The summed E-state index contributed by atoms with van der Waals surface area (Å²) in [6, 6.07) is 1.77. The number of carbonyl (C=O) groups excluding carboxylic acids is 1. The van der Waals surface area contributed by atoms with Crippen LogP contribution in [-0.2, 0) is 11.2 Å². The lowest BCUT2D eigenvalue weighted by Gasteiger charge is -2.34. The number of carbonyl (C=O) groups is 2. The Labute approximate surface area is 130 Å². The van der Waals surface area contributed by atoms with Gasteiger partial charge >= 0.3 is 12.0 Å². The van der Waals surface area contributed by atoms with Gasteiger partial charge in [0.2, 0.25) is 0 Å². The van der Waals surface area contributed by atoms with Crippen LogP contribution in [0.5, 0.6) is 0 Å². The van der Waals surface area contributed by atoms with Crippen LogP contribution in [0.3, 0.4) is 0 Å². The lowest BCUT2D eigenvalue weighted by molar-refractivity contribution is -0.143. The van der Waals surface area contributed by atoms with Gasteiger partial charge < -0.3 is 15.3 Å². The van der Waals surface area contributed by atoms with Crippen molar-refractivity contribution in [2.24, 2.45) is 11.8 Å². The van der Waals surface area contributed by atoms with E-state index in [1.807, 2.05) is 19.9 Å². The number of nitrogens with one attached hydrogen (secondary N) is 1. The number of hydrogen-bond acceptors (Lipinski definition) is 3. The number of piperidine rings is 1. The number of rotatable bonds is 4. The number of urea groups is 1. The maximum absolute atomic E-state index is 12.2. The van der Waals surface area contributed by atoms with Gasteiger partial charge in [-0.1, -0.05) is 6.92 Å². The summed E-state index contributed by atoms with van der Waals surface area (Å²) in [4.78, 5) is 29.0. The minimum atomic E-state index is -0.822. The van der Waals surface area contributed by atoms with Crippen molar-refractivity contribution in [3.63, 3.8) is 0 Å². The highest BCUT2D eigenvalue weighted by Gasteiger charge is 2.31. The predicted molar refractivity (Wildman–Crippen MR) is 82.6 cm³/mol. The van der Waals surface area contributed by atoms with E-state index in [9.17, 15) is 9.59 Å². The average molecular weight is 305 g/mol. The number of aromatic nitrogens is 1. The SMILES string of the molecule is Cc1cnccc1CCNC(=O)N1CC(C)CC(C(=O)O)C1. The molecule has 2 rings (SSSR count). The third-order valence-corrected chi connectivity index (χ3v) is 4.10. The molecule has 1 aromatic rings. The molecule has 2 unspecified atom stereocenters. The number of nitrogens with zero attached hydrogens (tertiary/aromatic N) is 2. The van der Waals surface area contributed by atoms with Crippen LogP contribution in [0.1, 0.15) is 24.5 Å². The molecule has 1 aromatic heterocycles. The number of carboxylic acids is 1. The van der Waals surface area contributed by atoms with Gasteiger partial charge in [0.15, 0.2) is 0 Å². The minimum Gasteiger partial charge on any atom is -0.481 e. The van der Waals surface area contributed by atoms with E-state index in [0.29, 0.717) is 26.1 Å². The van der Waals surface area contributed by atoms with Crippen LogP contribution in [0.25, 0.3) is 0 Å². The van der Waals surface area contributed by atoms with Crippen LogP contribution in [0.2, 0.25) is 0 Å². The summed E-state index contributed by atoms with van der Waals surface area (Å²) in [5, 5.41) is 12.0. The molecule has 2 heterocycles. The first kappa shape index (κ1) is 16.3. The van der Waals surface area contributed by atoms with E-state index < -0.39 is 11.9 Å². The van der Waals surface area contributed by atoms with E-state index in [0.717, 1.165) is 17.5 Å². The zero-order chi connectivity index (χ0) is 16.1. The summed E-state index contributed by atoms with van der Waals surface area (Å²) >= 11 is 0. The van der Waals surface area contributed by atoms with Gasteiger partial charge in [-0.3, -0.25) is 9.78 Å². The van der Waals surface area contributed by atoms with Crippen molar-refractivity contribution in [3.8, 4) is 0 Å². The molecule has 6 nitrogen and oxygen atoms in total. The summed E-state index contributed by atoms with van der Waals surface area (Å²) in [5.74, 6) is -1.07. The molecule has 2 N–H and O–H groups in total. The Hall–Kier alpha value is -2.11. The van der Waals surface area contributed by atoms with Gasteiger partial charge in [0.05, 0.1) is 5.92 Å². The molecule has 1 fully saturated rings. The van der Waals surface area contributed by atoms with Crippen LogP contribution in [0, 0.1) is 18.8 Å². The first-order valence-electron chi connectivity index (χ1n) is 7.62. The largest absolute Gasteiger partial charge is 0.481 e. The lowest BCUT2D eigenvalue weighted by atomic mass is 9.91. The Bertz CT molecular complexity index is 547. The zero-order valence-electron chi connectivity index (χ0n) is 13.1. The van der Waals surface area contributed by atoms with Crippen LogP contribution in [0.4, 0.5) is 4.79 Å². The molecule has 0 saturated carbocycles.